The van der Waals surface area contributed by atoms with Crippen molar-refractivity contribution in [2.45, 2.75) is 19.8 Å². The predicted molar refractivity (Wildman–Crippen MR) is 62.5 cm³/mol. The van der Waals surface area contributed by atoms with Crippen LogP contribution < -0.4 is 5.73 Å². The Labute approximate surface area is 103 Å². The third-order valence-electron chi connectivity index (χ3n) is 1.93. The molecule has 1 rings (SSSR count). The molecule has 0 unspecified atom stereocenters. The monoisotopic (exact) mass is 258 g/mol. The van der Waals surface area contributed by atoms with Crippen LogP contribution in [-0.4, -0.2) is 30.1 Å². The van der Waals surface area contributed by atoms with Gasteiger partial charge in [0.15, 0.2) is 5.13 Å². The lowest BCUT2D eigenvalue weighted by Crippen LogP contribution is -2.18. The highest BCUT2D eigenvalue weighted by atomic mass is 32.1. The van der Waals surface area contributed by atoms with Gasteiger partial charge in [-0.15, -0.1) is 11.3 Å². The van der Waals surface area contributed by atoms with Gasteiger partial charge in [-0.1, -0.05) is 0 Å². The lowest BCUT2D eigenvalue weighted by molar-refractivity contribution is -0.144. The summed E-state index contributed by atoms with van der Waals surface area (Å²) in [4.78, 5) is 25.6. The SMILES string of the molecule is CC(=O)OCC(COC(C)=O)c1csc(N)n1. The molecule has 0 saturated heterocycles. The van der Waals surface area contributed by atoms with E-state index in [0.717, 1.165) is 0 Å². The second-order valence-corrected chi connectivity index (χ2v) is 4.30. The molecule has 0 aliphatic heterocycles. The van der Waals surface area contributed by atoms with Gasteiger partial charge in [-0.2, -0.15) is 0 Å². The molecule has 0 aromatic carbocycles. The Morgan fingerprint density at radius 3 is 2.24 bits per heavy atom. The minimum absolute atomic E-state index is 0.117. The molecule has 94 valence electrons. The zero-order chi connectivity index (χ0) is 12.8. The normalized spacial score (nSPS) is 10.3. The van der Waals surface area contributed by atoms with Crippen LogP contribution in [0.3, 0.4) is 0 Å². The van der Waals surface area contributed by atoms with E-state index < -0.39 is 0 Å². The molecule has 0 radical (unpaired) electrons. The van der Waals surface area contributed by atoms with Crippen LogP contribution >= 0.6 is 11.3 Å². The lowest BCUT2D eigenvalue weighted by atomic mass is 10.1. The van der Waals surface area contributed by atoms with E-state index in [1.165, 1.54) is 25.2 Å². The molecule has 1 aromatic heterocycles. The van der Waals surface area contributed by atoms with Gasteiger partial charge < -0.3 is 15.2 Å². The Hall–Kier alpha value is -1.63. The summed E-state index contributed by atoms with van der Waals surface area (Å²) >= 11 is 1.29. The number of nitrogen functional groups attached to an aromatic ring is 1. The van der Waals surface area contributed by atoms with E-state index in [1.54, 1.807) is 5.38 Å². The maximum atomic E-state index is 10.8. The number of carbonyl (C=O) groups is 2. The van der Waals surface area contributed by atoms with Gasteiger partial charge in [-0.25, -0.2) is 4.98 Å². The van der Waals surface area contributed by atoms with Crippen LogP contribution in [0.1, 0.15) is 25.5 Å². The molecule has 0 aliphatic carbocycles. The van der Waals surface area contributed by atoms with Crippen molar-refractivity contribution in [3.63, 3.8) is 0 Å². The van der Waals surface area contributed by atoms with Gasteiger partial charge >= 0.3 is 11.9 Å². The molecule has 17 heavy (non-hydrogen) atoms. The van der Waals surface area contributed by atoms with Gasteiger partial charge in [0.2, 0.25) is 0 Å². The van der Waals surface area contributed by atoms with Crippen molar-refractivity contribution in [2.24, 2.45) is 0 Å². The Morgan fingerprint density at radius 1 is 1.35 bits per heavy atom. The molecule has 1 aromatic rings. The van der Waals surface area contributed by atoms with E-state index in [4.69, 9.17) is 15.2 Å². The fourth-order valence-electron chi connectivity index (χ4n) is 1.14. The summed E-state index contributed by atoms with van der Waals surface area (Å²) < 4.78 is 9.79. The van der Waals surface area contributed by atoms with Crippen LogP contribution in [-0.2, 0) is 19.1 Å². The standard InChI is InChI=1S/C10H14N2O4S/c1-6(13)15-3-8(4-16-7(2)14)9-5-17-10(11)12-9/h5,8H,3-4H2,1-2H3,(H2,11,12). The smallest absolute Gasteiger partial charge is 0.302 e. The van der Waals surface area contributed by atoms with Gasteiger partial charge in [0.1, 0.15) is 13.2 Å². The zero-order valence-corrected chi connectivity index (χ0v) is 10.5. The number of ether oxygens (including phenoxy) is 2. The number of hydrogen-bond donors (Lipinski definition) is 1. The number of nitrogens with two attached hydrogens (primary N) is 1. The van der Waals surface area contributed by atoms with E-state index in [0.29, 0.717) is 10.8 Å². The highest BCUT2D eigenvalue weighted by Crippen LogP contribution is 2.21. The van der Waals surface area contributed by atoms with Crippen LogP contribution in [0.4, 0.5) is 5.13 Å². The van der Waals surface area contributed by atoms with E-state index in [1.807, 2.05) is 0 Å². The number of rotatable bonds is 5. The minimum atomic E-state index is -0.388. The summed E-state index contributed by atoms with van der Waals surface area (Å²) in [5.74, 6) is -1.06. The summed E-state index contributed by atoms with van der Waals surface area (Å²) in [6.45, 7) is 2.87. The second-order valence-electron chi connectivity index (χ2n) is 3.41. The summed E-state index contributed by atoms with van der Waals surface area (Å²) in [6.07, 6.45) is 0. The van der Waals surface area contributed by atoms with Crippen molar-refractivity contribution < 1.29 is 19.1 Å². The quantitative estimate of drug-likeness (QED) is 0.790. The maximum Gasteiger partial charge on any atom is 0.302 e. The average molecular weight is 258 g/mol. The molecule has 0 aliphatic rings. The number of esters is 2. The van der Waals surface area contributed by atoms with E-state index in [-0.39, 0.29) is 31.1 Å². The van der Waals surface area contributed by atoms with Gasteiger partial charge in [-0.3, -0.25) is 9.59 Å². The zero-order valence-electron chi connectivity index (χ0n) is 9.63. The molecular formula is C10H14N2O4S. The number of aromatic nitrogens is 1. The maximum absolute atomic E-state index is 10.8. The third-order valence-corrected chi connectivity index (χ3v) is 2.63. The molecule has 0 bridgehead atoms. The fourth-order valence-corrected chi connectivity index (χ4v) is 1.79. The summed E-state index contributed by atoms with van der Waals surface area (Å²) in [6, 6.07) is 0. The van der Waals surface area contributed by atoms with Gasteiger partial charge in [0.05, 0.1) is 11.6 Å². The summed E-state index contributed by atoms with van der Waals surface area (Å²) in [5.41, 5.74) is 6.18. The average Bonchev–Trinajstić information content (AvgIpc) is 2.64. The van der Waals surface area contributed by atoms with Crippen LogP contribution in [0.25, 0.3) is 0 Å². The number of hydrogen-bond acceptors (Lipinski definition) is 7. The number of carbonyl (C=O) groups excluding carboxylic acids is 2. The molecule has 2 N–H and O–H groups in total. The minimum Gasteiger partial charge on any atom is -0.465 e. The van der Waals surface area contributed by atoms with Gasteiger partial charge in [0, 0.05) is 19.2 Å². The first-order valence-electron chi connectivity index (χ1n) is 4.96. The molecule has 0 amide bonds. The van der Waals surface area contributed by atoms with Gasteiger partial charge in [-0.05, 0) is 0 Å². The van der Waals surface area contributed by atoms with Crippen LogP contribution in [0.2, 0.25) is 0 Å². The van der Waals surface area contributed by atoms with Crippen molar-refractivity contribution in [1.82, 2.24) is 4.98 Å². The molecule has 6 nitrogen and oxygen atoms in total. The highest BCUT2D eigenvalue weighted by Gasteiger charge is 2.18. The molecule has 1 heterocycles. The van der Waals surface area contributed by atoms with Crippen LogP contribution in [0.15, 0.2) is 5.38 Å². The lowest BCUT2D eigenvalue weighted by Gasteiger charge is -2.14. The Bertz CT molecular complexity index is 387. The number of anilines is 1. The van der Waals surface area contributed by atoms with Crippen LogP contribution in [0.5, 0.6) is 0 Å². The predicted octanol–water partition coefficient (Wildman–Crippen LogP) is 0.935. The fraction of sp³-hybridized carbons (Fsp3) is 0.500. The molecule has 0 saturated carbocycles. The Morgan fingerprint density at radius 2 is 1.88 bits per heavy atom. The first kappa shape index (κ1) is 13.4. The van der Waals surface area contributed by atoms with Crippen molar-refractivity contribution in [3.05, 3.63) is 11.1 Å². The molecular weight excluding hydrogens is 244 g/mol. The van der Waals surface area contributed by atoms with E-state index >= 15 is 0 Å². The van der Waals surface area contributed by atoms with Gasteiger partial charge in [0.25, 0.3) is 0 Å². The van der Waals surface area contributed by atoms with Crippen molar-refractivity contribution >= 4 is 28.4 Å². The van der Waals surface area contributed by atoms with Crippen molar-refractivity contribution in [3.8, 4) is 0 Å². The van der Waals surface area contributed by atoms with E-state index in [2.05, 4.69) is 4.98 Å². The molecule has 7 heteroatoms. The first-order chi connectivity index (χ1) is 7.99. The number of nitrogens with zero attached hydrogens (tertiary/aromatic N) is 1. The molecule has 0 fully saturated rings. The topological polar surface area (TPSA) is 91.5 Å². The van der Waals surface area contributed by atoms with Crippen molar-refractivity contribution in [1.29, 1.82) is 0 Å². The second kappa shape index (κ2) is 6.19. The first-order valence-corrected chi connectivity index (χ1v) is 5.84. The Kier molecular flexibility index (Phi) is 4.89. The highest BCUT2D eigenvalue weighted by molar-refractivity contribution is 7.13. The third kappa shape index (κ3) is 4.81. The number of thiazole rings is 1. The molecule has 0 atom stereocenters. The molecule has 0 spiro atoms. The Balaban J connectivity index is 2.64. The summed E-state index contributed by atoms with van der Waals surface area (Å²) in [7, 11) is 0. The summed E-state index contributed by atoms with van der Waals surface area (Å²) in [5, 5.41) is 2.18. The largest absolute Gasteiger partial charge is 0.465 e. The van der Waals surface area contributed by atoms with E-state index in [9.17, 15) is 9.59 Å². The van der Waals surface area contributed by atoms with Crippen molar-refractivity contribution in [2.75, 3.05) is 18.9 Å². The van der Waals surface area contributed by atoms with Crippen LogP contribution in [0, 0.1) is 0 Å².